The highest BCUT2D eigenvalue weighted by Crippen LogP contribution is 2.27. The molecule has 0 atom stereocenters. The van der Waals surface area contributed by atoms with Crippen LogP contribution in [0.2, 0.25) is 0 Å². The van der Waals surface area contributed by atoms with Crippen molar-refractivity contribution in [2.75, 3.05) is 17.2 Å². The molecule has 0 radical (unpaired) electrons. The Labute approximate surface area is 277 Å². The van der Waals surface area contributed by atoms with Gasteiger partial charge in [0.05, 0.1) is 17.4 Å². The molecular weight excluding hydrogens is 607 g/mol. The van der Waals surface area contributed by atoms with Gasteiger partial charge in [0.1, 0.15) is 11.4 Å². The smallest absolute Gasteiger partial charge is 0.407 e. The molecule has 242 valence electrons. The highest BCUT2D eigenvalue weighted by atomic mass is 19.1. The molecule has 2 heterocycles. The summed E-state index contributed by atoms with van der Waals surface area (Å²) < 4.78 is 20.3. The fraction of sp³-hybridized carbons (Fsp3) is 0.158. The predicted molar refractivity (Wildman–Crippen MR) is 186 cm³/mol. The molecule has 2 aromatic heterocycles. The minimum absolute atomic E-state index is 0.229. The Morgan fingerprint density at radius 3 is 2.08 bits per heavy atom. The van der Waals surface area contributed by atoms with Crippen LogP contribution in [0.5, 0.6) is 0 Å². The highest BCUT2D eigenvalue weighted by molar-refractivity contribution is 6.04. The third-order valence-corrected chi connectivity index (χ3v) is 7.44. The first-order valence-corrected chi connectivity index (χ1v) is 15.6. The number of hydrogen-bond donors (Lipinski definition) is 3. The second kappa shape index (κ2) is 13.8. The summed E-state index contributed by atoms with van der Waals surface area (Å²) in [5.74, 6) is 0.0411. The van der Waals surface area contributed by atoms with E-state index in [2.05, 4.69) is 21.0 Å². The summed E-state index contributed by atoms with van der Waals surface area (Å²) in [6.45, 7) is 5.88. The second-order valence-corrected chi connectivity index (χ2v) is 12.2. The average Bonchev–Trinajstić information content (AvgIpc) is 3.55. The molecule has 9 nitrogen and oxygen atoms in total. The van der Waals surface area contributed by atoms with Crippen LogP contribution in [0.1, 0.15) is 36.7 Å². The van der Waals surface area contributed by atoms with Gasteiger partial charge in [0.15, 0.2) is 0 Å². The van der Waals surface area contributed by atoms with Crippen molar-refractivity contribution in [3.05, 3.63) is 132 Å². The number of anilines is 3. The van der Waals surface area contributed by atoms with Gasteiger partial charge in [0.2, 0.25) is 5.95 Å². The first kappa shape index (κ1) is 31.9. The molecule has 48 heavy (non-hydrogen) atoms. The van der Waals surface area contributed by atoms with Crippen LogP contribution in [0.4, 0.5) is 26.5 Å². The number of nitrogens with one attached hydrogen (secondary N) is 3. The van der Waals surface area contributed by atoms with Gasteiger partial charge in [-0.1, -0.05) is 48.5 Å². The van der Waals surface area contributed by atoms with Crippen molar-refractivity contribution >= 4 is 34.8 Å². The summed E-state index contributed by atoms with van der Waals surface area (Å²) in [7, 11) is 0. The maximum absolute atomic E-state index is 13.4. The number of ether oxygens (including phenoxy) is 1. The van der Waals surface area contributed by atoms with Gasteiger partial charge < -0.3 is 20.7 Å². The Morgan fingerprint density at radius 1 is 0.792 bits per heavy atom. The molecule has 4 aromatic carbocycles. The van der Waals surface area contributed by atoms with E-state index >= 15 is 0 Å². The zero-order valence-electron chi connectivity index (χ0n) is 26.8. The Balaban J connectivity index is 1.08. The van der Waals surface area contributed by atoms with Crippen molar-refractivity contribution in [1.29, 1.82) is 0 Å². The van der Waals surface area contributed by atoms with Gasteiger partial charge in [0.25, 0.3) is 5.91 Å². The van der Waals surface area contributed by atoms with Gasteiger partial charge in [-0.15, -0.1) is 0 Å². The summed E-state index contributed by atoms with van der Waals surface area (Å²) >= 11 is 0. The molecule has 3 N–H and O–H groups in total. The Hall–Kier alpha value is -6.03. The third-order valence-electron chi connectivity index (χ3n) is 7.44. The van der Waals surface area contributed by atoms with E-state index in [1.165, 1.54) is 12.1 Å². The van der Waals surface area contributed by atoms with Crippen molar-refractivity contribution in [2.24, 2.45) is 0 Å². The molecular formula is C38H35FN6O3. The minimum Gasteiger partial charge on any atom is -0.444 e. The van der Waals surface area contributed by atoms with E-state index in [1.807, 2.05) is 93.6 Å². The molecule has 0 bridgehead atoms. The molecule has 2 amide bonds. The van der Waals surface area contributed by atoms with Gasteiger partial charge in [-0.2, -0.15) is 5.10 Å². The number of nitrogens with zero attached hydrogens (tertiary/aromatic N) is 3. The molecule has 0 unspecified atom stereocenters. The van der Waals surface area contributed by atoms with Crippen LogP contribution in [0, 0.1) is 5.82 Å². The molecule has 0 spiro atoms. The maximum atomic E-state index is 13.4. The van der Waals surface area contributed by atoms with Crippen LogP contribution in [-0.2, 0) is 11.2 Å². The van der Waals surface area contributed by atoms with Crippen molar-refractivity contribution in [3.8, 4) is 22.4 Å². The fourth-order valence-corrected chi connectivity index (χ4v) is 5.05. The number of hydrogen-bond acceptors (Lipinski definition) is 6. The van der Waals surface area contributed by atoms with Gasteiger partial charge in [-0.25, -0.2) is 18.7 Å². The van der Waals surface area contributed by atoms with Crippen LogP contribution in [0.3, 0.4) is 0 Å². The summed E-state index contributed by atoms with van der Waals surface area (Å²) in [6.07, 6.45) is 1.88. The molecule has 10 heteroatoms. The van der Waals surface area contributed by atoms with Crippen LogP contribution >= 0.6 is 0 Å². The SMILES string of the molecule is CC(C)(C)OC(=O)NCCc1ccc(C(=O)Nc2ccc(Nc3nc(-c4ccc(-c5ccc(F)cc5)cc4)cc4ccnn34)cc2)cc1. The highest BCUT2D eigenvalue weighted by Gasteiger charge is 2.16. The Kier molecular flexibility index (Phi) is 9.15. The zero-order chi connectivity index (χ0) is 33.7. The molecule has 0 saturated heterocycles. The molecule has 6 aromatic rings. The van der Waals surface area contributed by atoms with Crippen molar-refractivity contribution in [3.63, 3.8) is 0 Å². The monoisotopic (exact) mass is 642 g/mol. The maximum Gasteiger partial charge on any atom is 0.407 e. The van der Waals surface area contributed by atoms with Crippen molar-refractivity contribution in [2.45, 2.75) is 32.8 Å². The van der Waals surface area contributed by atoms with E-state index in [0.717, 1.165) is 39.2 Å². The van der Waals surface area contributed by atoms with E-state index < -0.39 is 11.7 Å². The number of carbonyl (C=O) groups is 2. The quantitative estimate of drug-likeness (QED) is 0.147. The molecule has 0 fully saturated rings. The summed E-state index contributed by atoms with van der Waals surface area (Å²) in [4.78, 5) is 29.6. The van der Waals surface area contributed by atoms with Crippen LogP contribution in [-0.4, -0.2) is 38.7 Å². The van der Waals surface area contributed by atoms with Gasteiger partial charge in [-0.3, -0.25) is 4.79 Å². The van der Waals surface area contributed by atoms with Crippen LogP contribution < -0.4 is 16.0 Å². The number of carbonyl (C=O) groups excluding carboxylic acids is 2. The molecule has 0 saturated carbocycles. The number of alkyl carbamates (subject to hydrolysis) is 1. The number of amides is 2. The average molecular weight is 643 g/mol. The number of halogens is 1. The van der Waals surface area contributed by atoms with E-state index in [1.54, 1.807) is 35.0 Å². The fourth-order valence-electron chi connectivity index (χ4n) is 5.05. The lowest BCUT2D eigenvalue weighted by Gasteiger charge is -2.19. The first-order chi connectivity index (χ1) is 23.1. The molecule has 0 aliphatic rings. The van der Waals surface area contributed by atoms with Gasteiger partial charge >= 0.3 is 6.09 Å². The molecule has 0 aliphatic heterocycles. The molecule has 0 aliphatic carbocycles. The first-order valence-electron chi connectivity index (χ1n) is 15.6. The lowest BCUT2D eigenvalue weighted by Crippen LogP contribution is -2.33. The Morgan fingerprint density at radius 2 is 1.42 bits per heavy atom. The Bertz CT molecular complexity index is 2030. The summed E-state index contributed by atoms with van der Waals surface area (Å²) in [5.41, 5.74) is 6.86. The minimum atomic E-state index is -0.546. The van der Waals surface area contributed by atoms with E-state index in [-0.39, 0.29) is 11.7 Å². The predicted octanol–water partition coefficient (Wildman–Crippen LogP) is 8.27. The lowest BCUT2D eigenvalue weighted by atomic mass is 10.0. The van der Waals surface area contributed by atoms with E-state index in [9.17, 15) is 14.0 Å². The lowest BCUT2D eigenvalue weighted by molar-refractivity contribution is 0.0528. The number of rotatable bonds is 9. The number of fused-ring (bicyclic) bond motifs is 1. The standard InChI is InChI=1S/C38H35FN6O3/c1-38(2,3)48-37(47)40-22-20-25-4-6-29(7-5-25)35(46)42-31-16-18-32(19-17-31)43-36-44-34(24-33-21-23-41-45(33)36)28-10-8-26(9-11-28)27-12-14-30(39)15-13-27/h4-19,21,23-24H,20,22H2,1-3H3,(H,40,47)(H,42,46)(H,43,44). The normalized spacial score (nSPS) is 11.2. The van der Waals surface area contributed by atoms with Crippen molar-refractivity contribution in [1.82, 2.24) is 19.9 Å². The van der Waals surface area contributed by atoms with Gasteiger partial charge in [-0.05, 0) is 105 Å². The van der Waals surface area contributed by atoms with Crippen LogP contribution in [0.25, 0.3) is 27.9 Å². The second-order valence-electron chi connectivity index (χ2n) is 12.2. The number of aromatic nitrogens is 3. The zero-order valence-corrected chi connectivity index (χ0v) is 26.8. The summed E-state index contributed by atoms with van der Waals surface area (Å²) in [5, 5.41) is 13.4. The van der Waals surface area contributed by atoms with E-state index in [0.29, 0.717) is 30.2 Å². The molecule has 6 rings (SSSR count). The summed E-state index contributed by atoms with van der Waals surface area (Å²) in [6, 6.07) is 32.9. The van der Waals surface area contributed by atoms with Crippen molar-refractivity contribution < 1.29 is 18.7 Å². The topological polar surface area (TPSA) is 110 Å². The van der Waals surface area contributed by atoms with Gasteiger partial charge in [0, 0.05) is 29.0 Å². The largest absolute Gasteiger partial charge is 0.444 e. The van der Waals surface area contributed by atoms with Crippen LogP contribution in [0.15, 0.2) is 115 Å². The van der Waals surface area contributed by atoms with E-state index in [4.69, 9.17) is 9.72 Å². The third kappa shape index (κ3) is 8.03. The number of benzene rings is 4.